The highest BCUT2D eigenvalue weighted by Gasteiger charge is 2.23. The van der Waals surface area contributed by atoms with E-state index in [4.69, 9.17) is 5.11 Å². The average Bonchev–Trinajstić information content (AvgIpc) is 2.08. The molecule has 0 aliphatic carbocycles. The molecule has 0 bridgehead atoms. The van der Waals surface area contributed by atoms with Crippen molar-refractivity contribution in [1.82, 2.24) is 10.2 Å². The second kappa shape index (κ2) is 5.10. The zero-order valence-corrected chi connectivity index (χ0v) is 9.71. The maximum absolute atomic E-state index is 8.93. The van der Waals surface area contributed by atoms with Gasteiger partial charge in [-0.3, -0.25) is 0 Å². The van der Waals surface area contributed by atoms with Crippen LogP contribution in [0.15, 0.2) is 0 Å². The van der Waals surface area contributed by atoms with Crippen LogP contribution >= 0.6 is 0 Å². The lowest BCUT2D eigenvalue weighted by Gasteiger charge is -2.36. The Kier molecular flexibility index (Phi) is 4.35. The molecule has 0 atom stereocenters. The molecular weight excluding hydrogens is 176 g/mol. The smallest absolute Gasteiger partial charge is 0.0448 e. The molecule has 2 N–H and O–H groups in total. The summed E-state index contributed by atoms with van der Waals surface area (Å²) in [5, 5.41) is 12.6. The van der Waals surface area contributed by atoms with Gasteiger partial charge in [0.05, 0.1) is 0 Å². The van der Waals surface area contributed by atoms with Crippen molar-refractivity contribution in [3.63, 3.8) is 0 Å². The van der Waals surface area contributed by atoms with Gasteiger partial charge in [-0.2, -0.15) is 0 Å². The fourth-order valence-corrected chi connectivity index (χ4v) is 2.06. The monoisotopic (exact) mass is 200 g/mol. The Morgan fingerprint density at radius 2 is 1.93 bits per heavy atom. The second-order valence-electron chi connectivity index (χ2n) is 5.08. The third-order valence-corrected chi connectivity index (χ3v) is 3.05. The van der Waals surface area contributed by atoms with Gasteiger partial charge in [0, 0.05) is 18.2 Å². The summed E-state index contributed by atoms with van der Waals surface area (Å²) in [4.78, 5) is 2.37. The van der Waals surface area contributed by atoms with Crippen molar-refractivity contribution in [1.29, 1.82) is 0 Å². The SMILES string of the molecule is CN1CCC(NC(C)(C)CCO)CC1. The Bertz CT molecular complexity index is 163. The molecule has 1 fully saturated rings. The molecule has 1 rings (SSSR count). The summed E-state index contributed by atoms with van der Waals surface area (Å²) in [6.45, 7) is 6.98. The second-order valence-corrected chi connectivity index (χ2v) is 5.08. The highest BCUT2D eigenvalue weighted by molar-refractivity contribution is 4.85. The molecule has 3 heteroatoms. The van der Waals surface area contributed by atoms with Crippen LogP contribution in [0.1, 0.15) is 33.1 Å². The predicted molar refractivity (Wildman–Crippen MR) is 59.4 cm³/mol. The van der Waals surface area contributed by atoms with Crippen LogP contribution in [0.3, 0.4) is 0 Å². The lowest BCUT2D eigenvalue weighted by molar-refractivity contribution is 0.178. The summed E-state index contributed by atoms with van der Waals surface area (Å²) >= 11 is 0. The third kappa shape index (κ3) is 3.95. The standard InChI is InChI=1S/C11H24N2O/c1-11(2,6-9-14)12-10-4-7-13(3)8-5-10/h10,12,14H,4-9H2,1-3H3. The Morgan fingerprint density at radius 1 is 1.36 bits per heavy atom. The largest absolute Gasteiger partial charge is 0.396 e. The normalized spacial score (nSPS) is 21.4. The Hall–Kier alpha value is -0.120. The van der Waals surface area contributed by atoms with Gasteiger partial charge < -0.3 is 15.3 Å². The van der Waals surface area contributed by atoms with E-state index in [1.165, 1.54) is 25.9 Å². The molecule has 1 heterocycles. The highest BCUT2D eigenvalue weighted by Crippen LogP contribution is 2.15. The Morgan fingerprint density at radius 3 is 2.43 bits per heavy atom. The minimum absolute atomic E-state index is 0.0787. The van der Waals surface area contributed by atoms with Crippen molar-refractivity contribution < 1.29 is 5.11 Å². The Labute approximate surface area is 87.5 Å². The first-order valence-corrected chi connectivity index (χ1v) is 5.60. The molecule has 1 aliphatic rings. The van der Waals surface area contributed by atoms with E-state index < -0.39 is 0 Å². The number of likely N-dealkylation sites (tertiary alicyclic amines) is 1. The minimum atomic E-state index is 0.0787. The zero-order valence-electron chi connectivity index (χ0n) is 9.71. The van der Waals surface area contributed by atoms with E-state index >= 15 is 0 Å². The summed E-state index contributed by atoms with van der Waals surface area (Å²) in [7, 11) is 2.18. The molecule has 0 unspecified atom stereocenters. The quantitative estimate of drug-likeness (QED) is 0.705. The molecule has 14 heavy (non-hydrogen) atoms. The lowest BCUT2D eigenvalue weighted by Crippen LogP contribution is -2.50. The molecule has 0 amide bonds. The number of piperidine rings is 1. The van der Waals surface area contributed by atoms with Crippen LogP contribution in [0.25, 0.3) is 0 Å². The van der Waals surface area contributed by atoms with Gasteiger partial charge in [-0.1, -0.05) is 0 Å². The van der Waals surface area contributed by atoms with Gasteiger partial charge in [0.1, 0.15) is 0 Å². The van der Waals surface area contributed by atoms with Crippen molar-refractivity contribution in [2.45, 2.75) is 44.7 Å². The zero-order chi connectivity index (χ0) is 10.6. The number of nitrogens with zero attached hydrogens (tertiary/aromatic N) is 1. The maximum Gasteiger partial charge on any atom is 0.0448 e. The van der Waals surface area contributed by atoms with Crippen LogP contribution in [0, 0.1) is 0 Å². The van der Waals surface area contributed by atoms with E-state index in [1.54, 1.807) is 0 Å². The molecule has 0 aromatic heterocycles. The number of aliphatic hydroxyl groups excluding tert-OH is 1. The third-order valence-electron chi connectivity index (χ3n) is 3.05. The number of hydrogen-bond donors (Lipinski definition) is 2. The van der Waals surface area contributed by atoms with Gasteiger partial charge in [0.2, 0.25) is 0 Å². The number of nitrogens with one attached hydrogen (secondary N) is 1. The minimum Gasteiger partial charge on any atom is -0.396 e. The molecule has 0 spiro atoms. The summed E-state index contributed by atoms with van der Waals surface area (Å²) in [5.74, 6) is 0. The molecule has 0 radical (unpaired) electrons. The van der Waals surface area contributed by atoms with Crippen molar-refractivity contribution in [3.8, 4) is 0 Å². The molecule has 0 aromatic rings. The summed E-state index contributed by atoms with van der Waals surface area (Å²) < 4.78 is 0. The van der Waals surface area contributed by atoms with E-state index in [0.717, 1.165) is 6.42 Å². The van der Waals surface area contributed by atoms with E-state index in [1.807, 2.05) is 0 Å². The highest BCUT2D eigenvalue weighted by atomic mass is 16.3. The molecule has 84 valence electrons. The van der Waals surface area contributed by atoms with Crippen molar-refractivity contribution in [2.24, 2.45) is 0 Å². The topological polar surface area (TPSA) is 35.5 Å². The maximum atomic E-state index is 8.93. The van der Waals surface area contributed by atoms with Crippen LogP contribution in [0.4, 0.5) is 0 Å². The van der Waals surface area contributed by atoms with Crippen molar-refractivity contribution >= 4 is 0 Å². The van der Waals surface area contributed by atoms with E-state index in [2.05, 4.69) is 31.1 Å². The molecule has 1 saturated heterocycles. The van der Waals surface area contributed by atoms with Gasteiger partial charge in [-0.15, -0.1) is 0 Å². The lowest BCUT2D eigenvalue weighted by atomic mass is 9.96. The predicted octanol–water partition coefficient (Wildman–Crippen LogP) is 0.831. The fourth-order valence-electron chi connectivity index (χ4n) is 2.06. The van der Waals surface area contributed by atoms with E-state index in [0.29, 0.717) is 6.04 Å². The molecule has 0 saturated carbocycles. The van der Waals surface area contributed by atoms with Gasteiger partial charge in [-0.05, 0) is 53.2 Å². The number of hydrogen-bond acceptors (Lipinski definition) is 3. The molecule has 1 aliphatic heterocycles. The Balaban J connectivity index is 2.29. The number of aliphatic hydroxyl groups is 1. The van der Waals surface area contributed by atoms with Crippen LogP contribution in [-0.4, -0.2) is 48.3 Å². The first-order chi connectivity index (χ1) is 6.53. The van der Waals surface area contributed by atoms with Crippen molar-refractivity contribution in [3.05, 3.63) is 0 Å². The molecular formula is C11H24N2O. The summed E-state index contributed by atoms with van der Waals surface area (Å²) in [6, 6.07) is 0.632. The first kappa shape index (κ1) is 12.0. The fraction of sp³-hybridized carbons (Fsp3) is 1.00. The molecule has 3 nitrogen and oxygen atoms in total. The van der Waals surface area contributed by atoms with E-state index in [9.17, 15) is 0 Å². The van der Waals surface area contributed by atoms with Gasteiger partial charge >= 0.3 is 0 Å². The summed E-state index contributed by atoms with van der Waals surface area (Å²) in [6.07, 6.45) is 3.29. The van der Waals surface area contributed by atoms with Gasteiger partial charge in [0.15, 0.2) is 0 Å². The van der Waals surface area contributed by atoms with Crippen molar-refractivity contribution in [2.75, 3.05) is 26.7 Å². The number of rotatable bonds is 4. The van der Waals surface area contributed by atoms with Gasteiger partial charge in [0.25, 0.3) is 0 Å². The van der Waals surface area contributed by atoms with Crippen LogP contribution in [0.2, 0.25) is 0 Å². The van der Waals surface area contributed by atoms with Crippen LogP contribution in [0.5, 0.6) is 0 Å². The van der Waals surface area contributed by atoms with Crippen LogP contribution in [-0.2, 0) is 0 Å². The summed E-state index contributed by atoms with van der Waals surface area (Å²) in [5.41, 5.74) is 0.0787. The molecule has 0 aromatic carbocycles. The first-order valence-electron chi connectivity index (χ1n) is 5.60. The average molecular weight is 200 g/mol. The van der Waals surface area contributed by atoms with Crippen LogP contribution < -0.4 is 5.32 Å². The van der Waals surface area contributed by atoms with Gasteiger partial charge in [-0.25, -0.2) is 0 Å². The van der Waals surface area contributed by atoms with E-state index in [-0.39, 0.29) is 12.1 Å².